The van der Waals surface area contributed by atoms with Gasteiger partial charge in [-0.2, -0.15) is 0 Å². The highest BCUT2D eigenvalue weighted by Gasteiger charge is 2.38. The van der Waals surface area contributed by atoms with E-state index in [1.807, 2.05) is 0 Å². The van der Waals surface area contributed by atoms with Crippen LogP contribution in [-0.2, 0) is 5.41 Å². The van der Waals surface area contributed by atoms with Crippen LogP contribution in [0, 0.1) is 0 Å². The van der Waals surface area contributed by atoms with Crippen LogP contribution >= 0.6 is 0 Å². The Morgan fingerprint density at radius 2 is 0.817 bits per heavy atom. The average molecular weight is 766 g/mol. The maximum absolute atomic E-state index is 2.53. The Morgan fingerprint density at radius 3 is 1.55 bits per heavy atom. The van der Waals surface area contributed by atoms with E-state index in [2.05, 4.69) is 243 Å². The van der Waals surface area contributed by atoms with E-state index in [1.54, 1.807) is 0 Å². The molecule has 1 aliphatic carbocycles. The van der Waals surface area contributed by atoms with Gasteiger partial charge in [0, 0.05) is 22.2 Å². The Kier molecular flexibility index (Phi) is 8.57. The number of nitrogens with zero attached hydrogens (tertiary/aromatic N) is 1. The molecule has 0 saturated heterocycles. The van der Waals surface area contributed by atoms with Gasteiger partial charge in [-0.25, -0.2) is 0 Å². The molecular weight excluding hydrogens is 723 g/mol. The average Bonchev–Trinajstić information content (AvgIpc) is 3.55. The molecule has 0 aliphatic heterocycles. The molecule has 0 bridgehead atoms. The first-order chi connectivity index (χ1) is 29.6. The minimum Gasteiger partial charge on any atom is -0.309 e. The van der Waals surface area contributed by atoms with E-state index in [1.165, 1.54) is 88.3 Å². The quantitative estimate of drug-likeness (QED) is 0.146. The van der Waals surface area contributed by atoms with E-state index < -0.39 is 0 Å². The van der Waals surface area contributed by atoms with Crippen molar-refractivity contribution in [1.82, 2.24) is 0 Å². The van der Waals surface area contributed by atoms with E-state index in [0.717, 1.165) is 17.1 Å². The van der Waals surface area contributed by atoms with Crippen LogP contribution in [0.25, 0.3) is 77.2 Å². The van der Waals surface area contributed by atoms with Crippen LogP contribution in [0.15, 0.2) is 224 Å². The molecule has 0 fully saturated rings. The number of benzene rings is 10. The van der Waals surface area contributed by atoms with E-state index in [9.17, 15) is 0 Å². The number of hydrogen-bond acceptors (Lipinski definition) is 1. The van der Waals surface area contributed by atoms with Gasteiger partial charge in [0.05, 0.1) is 11.4 Å². The maximum Gasteiger partial charge on any atom is 0.0546 e. The van der Waals surface area contributed by atoms with E-state index in [0.29, 0.717) is 0 Å². The van der Waals surface area contributed by atoms with Gasteiger partial charge in [-0.15, -0.1) is 0 Å². The minimum absolute atomic E-state index is 0.150. The normalized spacial score (nSPS) is 12.6. The highest BCUT2D eigenvalue weighted by Crippen LogP contribution is 2.56. The summed E-state index contributed by atoms with van der Waals surface area (Å²) in [6, 6.07) is 82.5. The predicted molar refractivity (Wildman–Crippen MR) is 255 cm³/mol. The van der Waals surface area contributed by atoms with Gasteiger partial charge in [0.25, 0.3) is 0 Å². The monoisotopic (exact) mass is 765 g/mol. The molecule has 0 spiro atoms. The summed E-state index contributed by atoms with van der Waals surface area (Å²) in [5.41, 5.74) is 18.1. The first-order valence-electron chi connectivity index (χ1n) is 20.9. The lowest BCUT2D eigenvalue weighted by molar-refractivity contribution is 0.660. The molecule has 0 unspecified atom stereocenters. The molecule has 0 amide bonds. The van der Waals surface area contributed by atoms with Crippen LogP contribution in [0.4, 0.5) is 17.1 Å². The molecule has 0 atom stereocenters. The summed E-state index contributed by atoms with van der Waals surface area (Å²) in [7, 11) is 0. The lowest BCUT2D eigenvalue weighted by Crippen LogP contribution is -2.16. The van der Waals surface area contributed by atoms with Crippen LogP contribution < -0.4 is 4.90 Å². The topological polar surface area (TPSA) is 3.24 Å². The fourth-order valence-electron chi connectivity index (χ4n) is 9.85. The fraction of sp³-hybridized carbons (Fsp3) is 0.0508. The first kappa shape index (κ1) is 35.7. The molecule has 0 heterocycles. The Labute approximate surface area is 352 Å². The van der Waals surface area contributed by atoms with Crippen molar-refractivity contribution < 1.29 is 0 Å². The highest BCUT2D eigenvalue weighted by atomic mass is 15.1. The smallest absolute Gasteiger partial charge is 0.0546 e. The summed E-state index contributed by atoms with van der Waals surface area (Å²) in [5, 5.41) is 5.06. The van der Waals surface area contributed by atoms with Gasteiger partial charge >= 0.3 is 0 Å². The van der Waals surface area contributed by atoms with Crippen molar-refractivity contribution in [3.05, 3.63) is 236 Å². The zero-order valence-corrected chi connectivity index (χ0v) is 33.8. The van der Waals surface area contributed by atoms with Gasteiger partial charge < -0.3 is 4.90 Å². The molecule has 10 aromatic carbocycles. The zero-order chi connectivity index (χ0) is 40.2. The molecular formula is C59H43N. The Balaban J connectivity index is 1.20. The molecule has 1 nitrogen and oxygen atoms in total. The number of anilines is 3. The summed E-state index contributed by atoms with van der Waals surface area (Å²) in [5.74, 6) is 0. The van der Waals surface area contributed by atoms with Gasteiger partial charge in [0.15, 0.2) is 0 Å². The summed E-state index contributed by atoms with van der Waals surface area (Å²) >= 11 is 0. The number of fused-ring (bicyclic) bond motifs is 6. The maximum atomic E-state index is 2.53. The van der Waals surface area contributed by atoms with Crippen molar-refractivity contribution in [3.8, 4) is 55.6 Å². The Hall–Kier alpha value is -7.48. The zero-order valence-electron chi connectivity index (χ0n) is 33.8. The van der Waals surface area contributed by atoms with Crippen LogP contribution in [0.2, 0.25) is 0 Å². The number of rotatable bonds is 7. The molecule has 0 N–H and O–H groups in total. The summed E-state index contributed by atoms with van der Waals surface area (Å²) in [6.07, 6.45) is 0. The van der Waals surface area contributed by atoms with Crippen molar-refractivity contribution in [3.63, 3.8) is 0 Å². The Morgan fingerprint density at radius 1 is 0.317 bits per heavy atom. The molecule has 10 aromatic rings. The third kappa shape index (κ3) is 5.77. The van der Waals surface area contributed by atoms with Crippen LogP contribution in [0.1, 0.15) is 25.0 Å². The molecule has 0 radical (unpaired) electrons. The highest BCUT2D eigenvalue weighted by molar-refractivity contribution is 6.14. The molecule has 11 rings (SSSR count). The van der Waals surface area contributed by atoms with Crippen molar-refractivity contribution in [1.29, 1.82) is 0 Å². The van der Waals surface area contributed by atoms with Crippen LogP contribution in [-0.4, -0.2) is 0 Å². The third-order valence-electron chi connectivity index (χ3n) is 12.7. The summed E-state index contributed by atoms with van der Waals surface area (Å²) in [6.45, 7) is 4.73. The van der Waals surface area contributed by atoms with Gasteiger partial charge in [0.1, 0.15) is 0 Å². The van der Waals surface area contributed by atoms with Crippen LogP contribution in [0.3, 0.4) is 0 Å². The van der Waals surface area contributed by atoms with E-state index in [-0.39, 0.29) is 5.41 Å². The van der Waals surface area contributed by atoms with Crippen molar-refractivity contribution in [2.24, 2.45) is 0 Å². The molecule has 1 heteroatoms. The molecule has 0 aromatic heterocycles. The molecule has 60 heavy (non-hydrogen) atoms. The lowest BCUT2D eigenvalue weighted by atomic mass is 9.82. The minimum atomic E-state index is -0.150. The standard InChI is InChI=1S/C59H43N/c1-59(2)53-31-16-15-29-51(53)58-54(59)32-18-34-56(58)60(44-37-35-42(36-38-44)52-39-43-23-9-10-25-46(43)48-26-12-13-27-49(48)52)55-33-17-30-47(41-21-7-4-8-22-41)57(55)50-28-14-11-24-45(50)40-19-5-3-6-20-40/h3-39H,1-2H3. The second-order valence-corrected chi connectivity index (χ2v) is 16.4. The lowest BCUT2D eigenvalue weighted by Gasteiger charge is -2.32. The predicted octanol–water partition coefficient (Wildman–Crippen LogP) is 16.4. The van der Waals surface area contributed by atoms with E-state index in [4.69, 9.17) is 0 Å². The van der Waals surface area contributed by atoms with Gasteiger partial charge in [-0.1, -0.05) is 208 Å². The number of hydrogen-bond donors (Lipinski definition) is 0. The SMILES string of the molecule is CC1(C)c2ccccc2-c2c(N(c3ccc(-c4cc5ccccc5c5ccccc45)cc3)c3cccc(-c4ccccc4)c3-c3ccccc3-c3ccccc3)cccc21. The van der Waals surface area contributed by atoms with Crippen molar-refractivity contribution >= 4 is 38.6 Å². The Bertz CT molecular complexity index is 3210. The largest absolute Gasteiger partial charge is 0.309 e. The van der Waals surface area contributed by atoms with Crippen molar-refractivity contribution in [2.45, 2.75) is 19.3 Å². The first-order valence-corrected chi connectivity index (χ1v) is 20.9. The van der Waals surface area contributed by atoms with Crippen LogP contribution in [0.5, 0.6) is 0 Å². The van der Waals surface area contributed by atoms with Gasteiger partial charge in [-0.3, -0.25) is 0 Å². The van der Waals surface area contributed by atoms with E-state index >= 15 is 0 Å². The van der Waals surface area contributed by atoms with Crippen molar-refractivity contribution in [2.75, 3.05) is 4.90 Å². The molecule has 1 aliphatic rings. The second kappa shape index (κ2) is 14.4. The molecule has 0 saturated carbocycles. The third-order valence-corrected chi connectivity index (χ3v) is 12.7. The van der Waals surface area contributed by atoms with Gasteiger partial charge in [0.2, 0.25) is 0 Å². The summed E-state index contributed by atoms with van der Waals surface area (Å²) in [4.78, 5) is 2.53. The fourth-order valence-corrected chi connectivity index (χ4v) is 9.85. The summed E-state index contributed by atoms with van der Waals surface area (Å²) < 4.78 is 0. The van der Waals surface area contributed by atoms with Gasteiger partial charge in [-0.05, 0) is 108 Å². The molecule has 284 valence electrons. The second-order valence-electron chi connectivity index (χ2n) is 16.4.